The monoisotopic (exact) mass is 595 g/mol. The van der Waals surface area contributed by atoms with Crippen molar-refractivity contribution in [1.29, 1.82) is 5.26 Å². The summed E-state index contributed by atoms with van der Waals surface area (Å²) in [5, 5.41) is 37.8. The zero-order chi connectivity index (χ0) is 29.9. The van der Waals surface area contributed by atoms with Crippen molar-refractivity contribution in [2.45, 2.75) is 26.2 Å². The minimum atomic E-state index is -4.27. The molecular weight excluding hydrogens is 574 g/mol. The number of H-pyrrole nitrogens is 1. The molecule has 0 spiro atoms. The van der Waals surface area contributed by atoms with E-state index < -0.39 is 40.1 Å². The average molecular weight is 596 g/mol. The fraction of sp³-hybridized carbons (Fsp3) is 0.250. The van der Waals surface area contributed by atoms with Crippen molar-refractivity contribution < 1.29 is 27.7 Å². The van der Waals surface area contributed by atoms with E-state index in [-0.39, 0.29) is 51.2 Å². The zero-order valence-electron chi connectivity index (χ0n) is 21.5. The highest BCUT2D eigenvalue weighted by atomic mass is 32.2. The van der Waals surface area contributed by atoms with Gasteiger partial charge in [-0.25, -0.2) is 14.6 Å². The molecule has 4 rings (SSSR count). The molecule has 1 amide bonds. The Hall–Kier alpha value is -4.97. The Morgan fingerprint density at radius 1 is 1.34 bits per heavy atom. The third-order valence-electron chi connectivity index (χ3n) is 5.90. The van der Waals surface area contributed by atoms with Crippen LogP contribution in [-0.4, -0.2) is 62.1 Å². The van der Waals surface area contributed by atoms with E-state index in [2.05, 4.69) is 35.6 Å². The van der Waals surface area contributed by atoms with Crippen molar-refractivity contribution >= 4 is 55.4 Å². The summed E-state index contributed by atoms with van der Waals surface area (Å²) in [7, 11) is -4.27. The Bertz CT molecular complexity index is 1890. The molecule has 1 atom stereocenters. The number of carbonyl (C=O) groups is 2. The number of carbonyl (C=O) groups excluding carboxylic acids is 1. The number of aromatic nitrogens is 4. The lowest BCUT2D eigenvalue weighted by atomic mass is 10.0. The van der Waals surface area contributed by atoms with E-state index in [4.69, 9.17) is 11.1 Å². The number of amides is 1. The number of hydrogen-bond donors (Lipinski definition) is 4. The molecule has 4 aromatic rings. The molecule has 41 heavy (non-hydrogen) atoms. The summed E-state index contributed by atoms with van der Waals surface area (Å²) in [6, 6.07) is 8.25. The minimum Gasteiger partial charge on any atom is -0.478 e. The van der Waals surface area contributed by atoms with Crippen LogP contribution in [0.4, 0.5) is 16.4 Å². The highest BCUT2D eigenvalue weighted by molar-refractivity contribution is 7.85. The Morgan fingerprint density at radius 2 is 2.07 bits per heavy atom. The molecule has 0 radical (unpaired) electrons. The number of nitriles is 1. The van der Waals surface area contributed by atoms with Gasteiger partial charge in [0.1, 0.15) is 11.1 Å². The van der Waals surface area contributed by atoms with Crippen molar-refractivity contribution in [3.05, 3.63) is 57.5 Å². The normalized spacial score (nSPS) is 12.3. The minimum absolute atomic E-state index is 0.0183. The molecule has 0 aliphatic carbocycles. The molecule has 3 aromatic heterocycles. The molecule has 0 aliphatic heterocycles. The smallest absolute Gasteiger partial charge is 0.336 e. The molecule has 0 aliphatic rings. The molecule has 0 bridgehead atoms. The molecule has 1 unspecified atom stereocenters. The largest absolute Gasteiger partial charge is 0.478 e. The Morgan fingerprint density at radius 3 is 2.73 bits per heavy atom. The van der Waals surface area contributed by atoms with E-state index in [1.165, 1.54) is 10.7 Å². The molecule has 17 heteroatoms. The van der Waals surface area contributed by atoms with Crippen LogP contribution in [0.15, 0.2) is 34.5 Å². The summed E-state index contributed by atoms with van der Waals surface area (Å²) < 4.78 is 31.8. The molecule has 4 N–H and O–H groups in total. The van der Waals surface area contributed by atoms with Gasteiger partial charge in [-0.05, 0) is 18.6 Å². The molecule has 1 aromatic carbocycles. The van der Waals surface area contributed by atoms with E-state index in [1.807, 2.05) is 6.07 Å². The molecule has 15 nitrogen and oxygen atoms in total. The highest BCUT2D eigenvalue weighted by Gasteiger charge is 2.24. The number of fused-ring (bicyclic) bond motifs is 1. The van der Waals surface area contributed by atoms with Crippen LogP contribution < -0.4 is 5.32 Å². The standard InChI is InChI=1S/C24H21N9O6S2/c1-12(11-27-17(34)8-9-41(37,38)39)21-28-22-20(29-30-23-18(26-3)13(2)16(10-25)40-23)19(31-33(22)32-21)14-6-4-5-7-15(14)24(35)36/h4-7,12,31H,8-9,11H2,1-2H3,(H,27,34)(H,35,36)(H,37,38,39). The Labute approximate surface area is 236 Å². The van der Waals surface area contributed by atoms with Crippen LogP contribution in [0.1, 0.15) is 45.9 Å². The van der Waals surface area contributed by atoms with Gasteiger partial charge in [-0.15, -0.1) is 21.5 Å². The number of hydrogen-bond acceptors (Lipinski definition) is 10. The number of carboxylic acids is 1. The molecular formula is C24H21N9O6S2. The van der Waals surface area contributed by atoms with Gasteiger partial charge in [0, 0.05) is 24.4 Å². The topological polar surface area (TPSA) is 220 Å². The van der Waals surface area contributed by atoms with Crippen LogP contribution in [0, 0.1) is 24.8 Å². The van der Waals surface area contributed by atoms with Crippen LogP contribution in [0.2, 0.25) is 0 Å². The van der Waals surface area contributed by atoms with Crippen LogP contribution in [0.5, 0.6) is 0 Å². The Kier molecular flexibility index (Phi) is 8.24. The van der Waals surface area contributed by atoms with E-state index >= 15 is 0 Å². The van der Waals surface area contributed by atoms with Gasteiger partial charge < -0.3 is 10.4 Å². The molecule has 0 saturated heterocycles. The first-order valence-electron chi connectivity index (χ1n) is 11.8. The van der Waals surface area contributed by atoms with Gasteiger partial charge in [0.25, 0.3) is 10.1 Å². The number of benzene rings is 1. The zero-order valence-corrected chi connectivity index (χ0v) is 23.1. The number of thiophene rings is 1. The predicted molar refractivity (Wildman–Crippen MR) is 146 cm³/mol. The summed E-state index contributed by atoms with van der Waals surface area (Å²) in [6.07, 6.45) is -0.415. The molecule has 3 heterocycles. The van der Waals surface area contributed by atoms with Crippen molar-refractivity contribution in [3.63, 3.8) is 0 Å². The van der Waals surface area contributed by atoms with Gasteiger partial charge in [-0.1, -0.05) is 25.1 Å². The Balaban J connectivity index is 1.74. The van der Waals surface area contributed by atoms with Crippen LogP contribution in [0.3, 0.4) is 0 Å². The van der Waals surface area contributed by atoms with Gasteiger partial charge in [0.05, 0.1) is 28.5 Å². The van der Waals surface area contributed by atoms with Crippen molar-refractivity contribution in [3.8, 4) is 17.3 Å². The van der Waals surface area contributed by atoms with E-state index in [9.17, 15) is 28.4 Å². The first-order valence-corrected chi connectivity index (χ1v) is 14.2. The summed E-state index contributed by atoms with van der Waals surface area (Å²) in [5.74, 6) is -2.63. The molecule has 0 fully saturated rings. The van der Waals surface area contributed by atoms with Crippen LogP contribution >= 0.6 is 11.3 Å². The summed E-state index contributed by atoms with van der Waals surface area (Å²) in [4.78, 5) is 32.2. The second-order valence-corrected chi connectivity index (χ2v) is 11.3. The summed E-state index contributed by atoms with van der Waals surface area (Å²) >= 11 is 0.997. The number of aromatic amines is 1. The van der Waals surface area contributed by atoms with Gasteiger partial charge in [-0.3, -0.25) is 14.4 Å². The third kappa shape index (κ3) is 6.28. The lowest BCUT2D eigenvalue weighted by molar-refractivity contribution is -0.120. The fourth-order valence-corrected chi connectivity index (χ4v) is 5.08. The van der Waals surface area contributed by atoms with Crippen molar-refractivity contribution in [2.24, 2.45) is 10.2 Å². The number of rotatable bonds is 10. The maximum absolute atomic E-state index is 12.0. The SMILES string of the molecule is [C-]#[N+]c1c(N=Nc2c(-c3ccccc3C(=O)O)[nH]n3nc(C(C)CNC(=O)CCS(=O)(=O)O)nc23)sc(C#N)c1C. The van der Waals surface area contributed by atoms with E-state index in [1.54, 1.807) is 32.0 Å². The van der Waals surface area contributed by atoms with Crippen LogP contribution in [-0.2, 0) is 14.9 Å². The van der Waals surface area contributed by atoms with Gasteiger partial charge in [0.15, 0.2) is 11.5 Å². The van der Waals surface area contributed by atoms with Gasteiger partial charge in [-0.2, -0.15) is 23.4 Å². The maximum atomic E-state index is 12.0. The predicted octanol–water partition coefficient (Wildman–Crippen LogP) is 4.13. The lowest BCUT2D eigenvalue weighted by Crippen LogP contribution is -2.29. The van der Waals surface area contributed by atoms with Crippen molar-refractivity contribution in [2.75, 3.05) is 12.3 Å². The number of nitrogens with zero attached hydrogens (tertiary/aromatic N) is 7. The van der Waals surface area contributed by atoms with Crippen molar-refractivity contribution in [1.82, 2.24) is 25.1 Å². The second kappa shape index (κ2) is 11.6. The number of azo groups is 1. The first-order chi connectivity index (χ1) is 19.4. The number of aromatic carboxylic acids is 1. The summed E-state index contributed by atoms with van der Waals surface area (Å²) in [6.45, 7) is 10.9. The lowest BCUT2D eigenvalue weighted by Gasteiger charge is -2.09. The van der Waals surface area contributed by atoms with Gasteiger partial charge >= 0.3 is 5.97 Å². The number of nitrogens with one attached hydrogen (secondary N) is 2. The van der Waals surface area contributed by atoms with Crippen LogP contribution in [0.25, 0.3) is 21.7 Å². The van der Waals surface area contributed by atoms with Gasteiger partial charge in [0.2, 0.25) is 17.2 Å². The maximum Gasteiger partial charge on any atom is 0.336 e. The number of carboxylic acid groups (broad SMARTS) is 1. The fourth-order valence-electron chi connectivity index (χ4n) is 3.77. The van der Waals surface area contributed by atoms with E-state index in [0.29, 0.717) is 10.4 Å². The highest BCUT2D eigenvalue weighted by Crippen LogP contribution is 2.43. The molecule has 0 saturated carbocycles. The quantitative estimate of drug-likeness (QED) is 0.117. The summed E-state index contributed by atoms with van der Waals surface area (Å²) in [5.41, 5.74) is 1.48. The second-order valence-electron chi connectivity index (χ2n) is 8.77. The average Bonchev–Trinajstić information content (AvgIpc) is 3.59. The first kappa shape index (κ1) is 29.0. The van der Waals surface area contributed by atoms with E-state index in [0.717, 1.165) is 11.3 Å². The third-order valence-corrected chi connectivity index (χ3v) is 7.69. The molecule has 210 valence electrons.